The van der Waals surface area contributed by atoms with Crippen LogP contribution < -0.4 is 30.7 Å². The molecule has 0 bridgehead atoms. The summed E-state index contributed by atoms with van der Waals surface area (Å²) in [5.74, 6) is -2.70. The van der Waals surface area contributed by atoms with Crippen molar-refractivity contribution in [3.8, 4) is 5.75 Å². The Bertz CT molecular complexity index is 1290. The molecule has 1 aliphatic rings. The van der Waals surface area contributed by atoms with E-state index in [-0.39, 0.29) is 31.2 Å². The van der Waals surface area contributed by atoms with E-state index in [4.69, 9.17) is 4.74 Å². The van der Waals surface area contributed by atoms with E-state index in [2.05, 4.69) is 26.0 Å². The standard InChI is InChI=1S/C29H46N6O8S/c1-17(2)12-22-29(40)33-23(13-20-8-10-21(43-6)11-9-20)28(39)31-19(5)27(38)34-24(18(3)4)15-35(16-25(36)32-22)26(37)14-30-44(7,41)42/h8-11,17-19,22-24,30H,12-16H2,1-7H3,(H,31,39)(H,32,36)(H,33,40)(H,34,38)/t19-,22+,23+,24-/m1/s1. The quantitative estimate of drug-likeness (QED) is 0.234. The minimum Gasteiger partial charge on any atom is -0.497 e. The Morgan fingerprint density at radius 1 is 0.955 bits per heavy atom. The highest BCUT2D eigenvalue weighted by molar-refractivity contribution is 7.88. The van der Waals surface area contributed by atoms with Gasteiger partial charge in [0.25, 0.3) is 0 Å². The van der Waals surface area contributed by atoms with E-state index in [9.17, 15) is 32.4 Å². The lowest BCUT2D eigenvalue weighted by atomic mass is 10.0. The van der Waals surface area contributed by atoms with Crippen molar-refractivity contribution in [3.63, 3.8) is 0 Å². The summed E-state index contributed by atoms with van der Waals surface area (Å²) in [7, 11) is -2.17. The largest absolute Gasteiger partial charge is 0.497 e. The summed E-state index contributed by atoms with van der Waals surface area (Å²) in [5.41, 5.74) is 0.724. The van der Waals surface area contributed by atoms with E-state index < -0.39 is 76.8 Å². The highest BCUT2D eigenvalue weighted by Crippen LogP contribution is 2.14. The van der Waals surface area contributed by atoms with Crippen LogP contribution in [0.1, 0.15) is 46.6 Å². The van der Waals surface area contributed by atoms with Crippen molar-refractivity contribution in [3.05, 3.63) is 29.8 Å². The van der Waals surface area contributed by atoms with Gasteiger partial charge in [-0.1, -0.05) is 39.8 Å². The third-order valence-electron chi connectivity index (χ3n) is 7.06. The molecule has 5 N–H and O–H groups in total. The minimum atomic E-state index is -3.70. The van der Waals surface area contributed by atoms with Crippen LogP contribution in [0.3, 0.4) is 0 Å². The molecule has 0 aliphatic carbocycles. The molecular formula is C29H46N6O8S. The smallest absolute Gasteiger partial charge is 0.243 e. The Labute approximate surface area is 259 Å². The predicted octanol–water partition coefficient (Wildman–Crippen LogP) is -0.710. The van der Waals surface area contributed by atoms with Crippen LogP contribution in [0.5, 0.6) is 5.75 Å². The molecule has 0 saturated carbocycles. The fourth-order valence-corrected chi connectivity index (χ4v) is 4.89. The van der Waals surface area contributed by atoms with Crippen molar-refractivity contribution in [1.82, 2.24) is 30.9 Å². The molecule has 5 amide bonds. The summed E-state index contributed by atoms with van der Waals surface area (Å²) in [4.78, 5) is 67.7. The van der Waals surface area contributed by atoms with Crippen molar-refractivity contribution in [2.75, 3.05) is 33.0 Å². The second kappa shape index (κ2) is 16.4. The van der Waals surface area contributed by atoms with Gasteiger partial charge in [0, 0.05) is 19.0 Å². The molecule has 14 nitrogen and oxygen atoms in total. The number of hydrogen-bond acceptors (Lipinski definition) is 8. The topological polar surface area (TPSA) is 192 Å². The minimum absolute atomic E-state index is 0.0224. The van der Waals surface area contributed by atoms with Crippen molar-refractivity contribution < 1.29 is 37.1 Å². The molecule has 1 heterocycles. The molecule has 0 spiro atoms. The van der Waals surface area contributed by atoms with Crippen LogP contribution in [0.4, 0.5) is 0 Å². The van der Waals surface area contributed by atoms with Crippen LogP contribution in [-0.4, -0.2) is 100 Å². The monoisotopic (exact) mass is 638 g/mol. The Hall–Kier alpha value is -3.72. The Morgan fingerprint density at radius 3 is 2.11 bits per heavy atom. The highest BCUT2D eigenvalue weighted by atomic mass is 32.2. The SMILES string of the molecule is COc1ccc(C[C@@H]2NC(=O)[C@H](CC(C)C)NC(=O)CN(C(=O)CNS(C)(=O)=O)C[C@H](C(C)C)NC(=O)[C@@H](C)NC2=O)cc1. The number of ether oxygens (including phenoxy) is 1. The van der Waals surface area contributed by atoms with E-state index in [1.165, 1.54) is 14.0 Å². The number of amides is 5. The first-order chi connectivity index (χ1) is 20.5. The zero-order valence-corrected chi connectivity index (χ0v) is 27.2. The van der Waals surface area contributed by atoms with Crippen LogP contribution in [0.25, 0.3) is 0 Å². The molecular weight excluding hydrogens is 592 g/mol. The maximum absolute atomic E-state index is 13.5. The van der Waals surface area contributed by atoms with Crippen LogP contribution in [0.15, 0.2) is 24.3 Å². The van der Waals surface area contributed by atoms with Gasteiger partial charge in [-0.15, -0.1) is 0 Å². The van der Waals surface area contributed by atoms with Crippen LogP contribution >= 0.6 is 0 Å². The molecule has 1 aromatic rings. The van der Waals surface area contributed by atoms with Crippen LogP contribution in [0, 0.1) is 11.8 Å². The molecule has 0 unspecified atom stereocenters. The third-order valence-corrected chi connectivity index (χ3v) is 7.73. The molecule has 1 saturated heterocycles. The average molecular weight is 639 g/mol. The number of carbonyl (C=O) groups is 5. The number of sulfonamides is 1. The highest BCUT2D eigenvalue weighted by Gasteiger charge is 2.32. The number of nitrogens with one attached hydrogen (secondary N) is 5. The number of carbonyl (C=O) groups excluding carboxylic acids is 5. The average Bonchev–Trinajstić information content (AvgIpc) is 2.93. The number of methoxy groups -OCH3 is 1. The number of rotatable bonds is 9. The molecule has 4 atom stereocenters. The van der Waals surface area contributed by atoms with Gasteiger partial charge in [0.05, 0.1) is 26.5 Å². The molecule has 2 rings (SSSR count). The molecule has 246 valence electrons. The van der Waals surface area contributed by atoms with Gasteiger partial charge in [-0.05, 0) is 42.9 Å². The van der Waals surface area contributed by atoms with Gasteiger partial charge < -0.3 is 30.9 Å². The fourth-order valence-electron chi connectivity index (χ4n) is 4.50. The van der Waals surface area contributed by atoms with E-state index in [1.54, 1.807) is 24.3 Å². The number of benzene rings is 1. The summed E-state index contributed by atoms with van der Waals surface area (Å²) in [6.07, 6.45) is 1.24. The summed E-state index contributed by atoms with van der Waals surface area (Å²) in [5, 5.41) is 10.9. The Morgan fingerprint density at radius 2 is 1.57 bits per heavy atom. The van der Waals surface area contributed by atoms with E-state index >= 15 is 0 Å². The van der Waals surface area contributed by atoms with Crippen LogP contribution in [0.2, 0.25) is 0 Å². The van der Waals surface area contributed by atoms with Gasteiger partial charge >= 0.3 is 0 Å². The maximum atomic E-state index is 13.5. The molecule has 1 aliphatic heterocycles. The number of nitrogens with zero attached hydrogens (tertiary/aromatic N) is 1. The lowest BCUT2D eigenvalue weighted by Gasteiger charge is -2.31. The summed E-state index contributed by atoms with van der Waals surface area (Å²) in [6.45, 7) is 7.65. The van der Waals surface area contributed by atoms with E-state index in [0.717, 1.165) is 16.7 Å². The summed E-state index contributed by atoms with van der Waals surface area (Å²) in [6, 6.07) is 3.19. The van der Waals surface area contributed by atoms with Crippen molar-refractivity contribution >= 4 is 39.6 Å². The predicted molar refractivity (Wildman–Crippen MR) is 164 cm³/mol. The van der Waals surface area contributed by atoms with Gasteiger partial charge in [-0.3, -0.25) is 24.0 Å². The third kappa shape index (κ3) is 12.1. The number of hydrogen-bond donors (Lipinski definition) is 5. The van der Waals surface area contributed by atoms with Gasteiger partial charge in [-0.2, -0.15) is 0 Å². The first kappa shape index (κ1) is 36.5. The zero-order valence-electron chi connectivity index (χ0n) is 26.4. The van der Waals surface area contributed by atoms with Crippen molar-refractivity contribution in [2.45, 2.75) is 71.6 Å². The molecule has 44 heavy (non-hydrogen) atoms. The fraction of sp³-hybridized carbons (Fsp3) is 0.621. The second-order valence-electron chi connectivity index (χ2n) is 11.8. The van der Waals surface area contributed by atoms with Gasteiger partial charge in [-0.25, -0.2) is 13.1 Å². The van der Waals surface area contributed by atoms with Gasteiger partial charge in [0.1, 0.15) is 23.9 Å². The maximum Gasteiger partial charge on any atom is 0.243 e. The lowest BCUT2D eigenvalue weighted by Crippen LogP contribution is -2.57. The molecule has 1 aromatic carbocycles. The van der Waals surface area contributed by atoms with Crippen molar-refractivity contribution in [2.24, 2.45) is 11.8 Å². The summed E-state index contributed by atoms with van der Waals surface area (Å²) >= 11 is 0. The lowest BCUT2D eigenvalue weighted by molar-refractivity contribution is -0.137. The van der Waals surface area contributed by atoms with E-state index in [1.807, 2.05) is 27.7 Å². The Kier molecular flexibility index (Phi) is 13.6. The van der Waals surface area contributed by atoms with Gasteiger partial charge in [0.15, 0.2) is 0 Å². The molecule has 15 heteroatoms. The van der Waals surface area contributed by atoms with Crippen molar-refractivity contribution in [1.29, 1.82) is 0 Å². The first-order valence-electron chi connectivity index (χ1n) is 14.5. The van der Waals surface area contributed by atoms with E-state index in [0.29, 0.717) is 5.75 Å². The van der Waals surface area contributed by atoms with Gasteiger partial charge in [0.2, 0.25) is 39.6 Å². The first-order valence-corrected chi connectivity index (χ1v) is 16.4. The molecule has 0 radical (unpaired) electrons. The molecule has 0 aromatic heterocycles. The Balaban J connectivity index is 2.47. The van der Waals surface area contributed by atoms with Crippen LogP contribution in [-0.2, 0) is 40.4 Å². The normalized spacial score (nSPS) is 22.8. The second-order valence-corrected chi connectivity index (χ2v) is 13.7. The summed E-state index contributed by atoms with van der Waals surface area (Å²) < 4.78 is 30.6. The molecule has 1 fully saturated rings. The zero-order chi connectivity index (χ0) is 33.2.